The first-order valence-corrected chi connectivity index (χ1v) is 6.61. The molecule has 0 heterocycles. The number of carbonyl (C=O) groups excluding carboxylic acids is 1. The summed E-state index contributed by atoms with van der Waals surface area (Å²) in [5.41, 5.74) is -0.516. The van der Waals surface area contributed by atoms with Crippen molar-refractivity contribution in [2.75, 3.05) is 33.5 Å². The number of halogens is 1. The Morgan fingerprint density at radius 3 is 2.71 bits per heavy atom. The van der Waals surface area contributed by atoms with Crippen molar-refractivity contribution < 1.29 is 23.9 Å². The largest absolute Gasteiger partial charge is 0.459 e. The summed E-state index contributed by atoms with van der Waals surface area (Å²) in [7, 11) is 1.60. The van der Waals surface area contributed by atoms with E-state index in [-0.39, 0.29) is 29.5 Å². The fraction of sp³-hybridized carbons (Fsp3) is 0.462. The zero-order chi connectivity index (χ0) is 15.7. The minimum absolute atomic E-state index is 0.00941. The van der Waals surface area contributed by atoms with Gasteiger partial charge in [0.1, 0.15) is 12.2 Å². The van der Waals surface area contributed by atoms with E-state index in [9.17, 15) is 14.9 Å². The zero-order valence-corrected chi connectivity index (χ0v) is 12.3. The standard InChI is InChI=1S/C13H16ClNO6/c1-19-5-2-6-20-7-8-21-13(16)11-9-10(14)3-4-12(11)15(17)18/h3-4,9H,2,5-8H2,1H3. The molecule has 0 aliphatic carbocycles. The maximum atomic E-state index is 11.8. The molecule has 0 spiro atoms. The highest BCUT2D eigenvalue weighted by molar-refractivity contribution is 6.31. The molecule has 0 unspecified atom stereocenters. The molecule has 0 fully saturated rings. The number of nitrogens with zero attached hydrogens (tertiary/aromatic N) is 1. The molecule has 1 aromatic carbocycles. The van der Waals surface area contributed by atoms with Gasteiger partial charge in [-0.2, -0.15) is 0 Å². The summed E-state index contributed by atoms with van der Waals surface area (Å²) in [5, 5.41) is 11.1. The maximum absolute atomic E-state index is 11.8. The van der Waals surface area contributed by atoms with Crippen molar-refractivity contribution in [1.29, 1.82) is 0 Å². The summed E-state index contributed by atoms with van der Waals surface area (Å²) in [6, 6.07) is 3.72. The molecule has 0 amide bonds. The number of rotatable bonds is 9. The van der Waals surface area contributed by atoms with E-state index in [2.05, 4.69) is 0 Å². The van der Waals surface area contributed by atoms with Gasteiger partial charge in [0.25, 0.3) is 5.69 Å². The number of ether oxygens (including phenoxy) is 3. The van der Waals surface area contributed by atoms with E-state index >= 15 is 0 Å². The summed E-state index contributed by atoms with van der Waals surface area (Å²) < 4.78 is 15.0. The van der Waals surface area contributed by atoms with Gasteiger partial charge in [0, 0.05) is 31.4 Å². The number of esters is 1. The van der Waals surface area contributed by atoms with Crippen LogP contribution in [0.3, 0.4) is 0 Å². The lowest BCUT2D eigenvalue weighted by molar-refractivity contribution is -0.385. The van der Waals surface area contributed by atoms with Crippen LogP contribution in [0.25, 0.3) is 0 Å². The van der Waals surface area contributed by atoms with E-state index in [0.717, 1.165) is 6.42 Å². The molecule has 7 nitrogen and oxygen atoms in total. The topological polar surface area (TPSA) is 87.9 Å². The van der Waals surface area contributed by atoms with Crippen LogP contribution in [0, 0.1) is 10.1 Å². The first-order valence-electron chi connectivity index (χ1n) is 6.24. The number of carbonyl (C=O) groups is 1. The van der Waals surface area contributed by atoms with Crippen LogP contribution in [0.5, 0.6) is 0 Å². The number of hydrogen-bond acceptors (Lipinski definition) is 6. The van der Waals surface area contributed by atoms with Gasteiger partial charge in [-0.25, -0.2) is 4.79 Å². The van der Waals surface area contributed by atoms with Crippen molar-refractivity contribution in [3.63, 3.8) is 0 Å². The van der Waals surface area contributed by atoms with Crippen molar-refractivity contribution in [3.8, 4) is 0 Å². The van der Waals surface area contributed by atoms with Crippen LogP contribution in [0.15, 0.2) is 18.2 Å². The number of nitro benzene ring substituents is 1. The average Bonchev–Trinajstić information content (AvgIpc) is 2.45. The van der Waals surface area contributed by atoms with Gasteiger partial charge in [-0.1, -0.05) is 11.6 Å². The molecule has 0 saturated carbocycles. The first-order chi connectivity index (χ1) is 10.1. The minimum Gasteiger partial charge on any atom is -0.459 e. The van der Waals surface area contributed by atoms with Crippen LogP contribution in [0.1, 0.15) is 16.8 Å². The third kappa shape index (κ3) is 6.07. The molecule has 0 aliphatic heterocycles. The fourth-order valence-electron chi connectivity index (χ4n) is 1.51. The van der Waals surface area contributed by atoms with Gasteiger partial charge >= 0.3 is 5.97 Å². The highest BCUT2D eigenvalue weighted by atomic mass is 35.5. The van der Waals surface area contributed by atoms with E-state index < -0.39 is 10.9 Å². The maximum Gasteiger partial charge on any atom is 0.345 e. The summed E-state index contributed by atoms with van der Waals surface area (Å²) in [5.74, 6) is -0.801. The van der Waals surface area contributed by atoms with E-state index in [0.29, 0.717) is 13.2 Å². The smallest absolute Gasteiger partial charge is 0.345 e. The molecule has 0 bridgehead atoms. The Balaban J connectivity index is 2.45. The van der Waals surface area contributed by atoms with Crippen LogP contribution < -0.4 is 0 Å². The molecular weight excluding hydrogens is 302 g/mol. The van der Waals surface area contributed by atoms with Gasteiger partial charge in [-0.15, -0.1) is 0 Å². The molecule has 0 saturated heterocycles. The van der Waals surface area contributed by atoms with Crippen molar-refractivity contribution in [2.45, 2.75) is 6.42 Å². The Bertz CT molecular complexity index is 494. The number of benzene rings is 1. The lowest BCUT2D eigenvalue weighted by Crippen LogP contribution is -2.13. The van der Waals surface area contributed by atoms with Gasteiger partial charge in [-0.3, -0.25) is 10.1 Å². The third-order valence-corrected chi connectivity index (χ3v) is 2.71. The second-order valence-electron chi connectivity index (χ2n) is 4.01. The lowest BCUT2D eigenvalue weighted by atomic mass is 10.2. The van der Waals surface area contributed by atoms with E-state index in [1.54, 1.807) is 7.11 Å². The monoisotopic (exact) mass is 317 g/mol. The Morgan fingerprint density at radius 2 is 2.05 bits per heavy atom. The molecule has 0 N–H and O–H groups in total. The highest BCUT2D eigenvalue weighted by Gasteiger charge is 2.21. The Hall–Kier alpha value is -1.70. The van der Waals surface area contributed by atoms with E-state index in [1.807, 2.05) is 0 Å². The number of methoxy groups -OCH3 is 1. The normalized spacial score (nSPS) is 10.4. The SMILES string of the molecule is COCCCOCCOC(=O)c1cc(Cl)ccc1[N+](=O)[O-]. The fourth-order valence-corrected chi connectivity index (χ4v) is 1.68. The minimum atomic E-state index is -0.801. The number of hydrogen-bond donors (Lipinski definition) is 0. The van der Waals surface area contributed by atoms with Crippen molar-refractivity contribution in [2.24, 2.45) is 0 Å². The molecule has 0 aromatic heterocycles. The quantitative estimate of drug-likeness (QED) is 0.301. The second kappa shape index (κ2) is 9.28. The van der Waals surface area contributed by atoms with Crippen LogP contribution in [0.2, 0.25) is 5.02 Å². The second-order valence-corrected chi connectivity index (χ2v) is 4.45. The van der Waals surface area contributed by atoms with Gasteiger partial charge < -0.3 is 14.2 Å². The van der Waals surface area contributed by atoms with E-state index in [1.165, 1.54) is 18.2 Å². The van der Waals surface area contributed by atoms with Crippen molar-refractivity contribution in [3.05, 3.63) is 38.9 Å². The Morgan fingerprint density at radius 1 is 1.29 bits per heavy atom. The van der Waals surface area contributed by atoms with Gasteiger partial charge in [0.05, 0.1) is 11.5 Å². The highest BCUT2D eigenvalue weighted by Crippen LogP contribution is 2.23. The molecule has 0 radical (unpaired) electrons. The number of nitro groups is 1. The molecule has 0 atom stereocenters. The summed E-state index contributed by atoms with van der Waals surface area (Å²) in [6.45, 7) is 1.30. The average molecular weight is 318 g/mol. The predicted molar refractivity (Wildman–Crippen MR) is 75.7 cm³/mol. The van der Waals surface area contributed by atoms with Gasteiger partial charge in [0.2, 0.25) is 0 Å². The van der Waals surface area contributed by atoms with Gasteiger partial charge in [0.15, 0.2) is 0 Å². The Kier molecular flexibility index (Phi) is 7.66. The molecule has 0 aliphatic rings. The molecule has 116 valence electrons. The predicted octanol–water partition coefficient (Wildman–Crippen LogP) is 2.46. The van der Waals surface area contributed by atoms with Crippen molar-refractivity contribution >= 4 is 23.3 Å². The Labute approximate surface area is 126 Å². The third-order valence-electron chi connectivity index (χ3n) is 2.47. The van der Waals surface area contributed by atoms with Crippen LogP contribution in [-0.2, 0) is 14.2 Å². The zero-order valence-electron chi connectivity index (χ0n) is 11.5. The van der Waals surface area contributed by atoms with Crippen LogP contribution >= 0.6 is 11.6 Å². The van der Waals surface area contributed by atoms with Crippen molar-refractivity contribution in [1.82, 2.24) is 0 Å². The summed E-state index contributed by atoms with van der Waals surface area (Å²) in [6.07, 6.45) is 0.740. The first kappa shape index (κ1) is 17.4. The van der Waals surface area contributed by atoms with Gasteiger partial charge in [-0.05, 0) is 18.6 Å². The summed E-state index contributed by atoms with van der Waals surface area (Å²) >= 11 is 5.73. The summed E-state index contributed by atoms with van der Waals surface area (Å²) in [4.78, 5) is 22.0. The molecule has 1 rings (SSSR count). The van der Waals surface area contributed by atoms with Crippen LogP contribution in [0.4, 0.5) is 5.69 Å². The molecule has 1 aromatic rings. The van der Waals surface area contributed by atoms with E-state index in [4.69, 9.17) is 25.8 Å². The molecular formula is C13H16ClNO6. The molecule has 21 heavy (non-hydrogen) atoms. The van der Waals surface area contributed by atoms with Crippen LogP contribution in [-0.4, -0.2) is 44.4 Å². The lowest BCUT2D eigenvalue weighted by Gasteiger charge is -2.06. The molecule has 8 heteroatoms.